The monoisotopic (exact) mass is 272 g/mol. The van der Waals surface area contributed by atoms with Crippen molar-refractivity contribution in [1.82, 2.24) is 9.88 Å². The molecule has 1 heterocycles. The van der Waals surface area contributed by atoms with Crippen LogP contribution in [0.5, 0.6) is 0 Å². The lowest BCUT2D eigenvalue weighted by atomic mass is 9.93. The van der Waals surface area contributed by atoms with Crippen molar-refractivity contribution in [1.29, 1.82) is 0 Å². The van der Waals surface area contributed by atoms with Gasteiger partial charge in [0.05, 0.1) is 0 Å². The Bertz CT molecular complexity index is 458. The Labute approximate surface area is 123 Å². The Kier molecular flexibility index (Phi) is 5.22. The van der Waals surface area contributed by atoms with Crippen LogP contribution in [0.1, 0.15) is 62.3 Å². The number of aryl methyl sites for hydroxylation is 2. The Morgan fingerprint density at radius 1 is 1.35 bits per heavy atom. The van der Waals surface area contributed by atoms with Gasteiger partial charge in [-0.05, 0) is 37.8 Å². The summed E-state index contributed by atoms with van der Waals surface area (Å²) in [5.74, 6) is 0. The lowest BCUT2D eigenvalue weighted by Crippen LogP contribution is -2.32. The van der Waals surface area contributed by atoms with Crippen LogP contribution in [0.15, 0.2) is 18.8 Å². The van der Waals surface area contributed by atoms with E-state index in [1.807, 2.05) is 6.20 Å². The molecule has 0 N–H and O–H groups in total. The van der Waals surface area contributed by atoms with Crippen LogP contribution in [0.2, 0.25) is 0 Å². The molecular formula is C18H28N2. The molecule has 0 bridgehead atoms. The first-order valence-corrected chi connectivity index (χ1v) is 8.01. The van der Waals surface area contributed by atoms with E-state index in [0.717, 1.165) is 18.5 Å². The highest BCUT2D eigenvalue weighted by Gasteiger charge is 2.21. The highest BCUT2D eigenvalue weighted by atomic mass is 15.1. The third-order valence-electron chi connectivity index (χ3n) is 4.45. The Hall–Kier alpha value is -1.31. The van der Waals surface area contributed by atoms with Gasteiger partial charge < -0.3 is 4.90 Å². The molecule has 0 amide bonds. The average molecular weight is 272 g/mol. The standard InChI is InChI=1S/C18H28N2/c1-5-9-18-17(12-14(2)13-19-18)15(3)20(4)16-10-7-6-8-11-16/h12-13,16H,3,5-11H2,1-2,4H3. The number of pyridine rings is 1. The summed E-state index contributed by atoms with van der Waals surface area (Å²) in [5, 5.41) is 0. The first kappa shape index (κ1) is 15.1. The minimum absolute atomic E-state index is 0.659. The molecule has 0 unspecified atom stereocenters. The molecular weight excluding hydrogens is 244 g/mol. The lowest BCUT2D eigenvalue weighted by molar-refractivity contribution is 0.266. The van der Waals surface area contributed by atoms with Gasteiger partial charge in [0.2, 0.25) is 0 Å². The van der Waals surface area contributed by atoms with Crippen molar-refractivity contribution in [2.45, 2.75) is 64.8 Å². The summed E-state index contributed by atoms with van der Waals surface area (Å²) < 4.78 is 0. The number of aromatic nitrogens is 1. The third-order valence-corrected chi connectivity index (χ3v) is 4.45. The molecule has 2 heteroatoms. The second kappa shape index (κ2) is 6.92. The lowest BCUT2D eigenvalue weighted by Gasteiger charge is -2.34. The first-order chi connectivity index (χ1) is 9.63. The maximum Gasteiger partial charge on any atom is 0.0496 e. The van der Waals surface area contributed by atoms with E-state index < -0.39 is 0 Å². The number of rotatable bonds is 5. The van der Waals surface area contributed by atoms with Gasteiger partial charge in [-0.1, -0.05) is 39.2 Å². The van der Waals surface area contributed by atoms with Crippen molar-refractivity contribution in [3.05, 3.63) is 35.7 Å². The number of hydrogen-bond acceptors (Lipinski definition) is 2. The van der Waals surface area contributed by atoms with E-state index in [1.165, 1.54) is 48.9 Å². The number of nitrogens with zero attached hydrogens (tertiary/aromatic N) is 2. The topological polar surface area (TPSA) is 16.1 Å². The van der Waals surface area contributed by atoms with Gasteiger partial charge in [0, 0.05) is 36.2 Å². The predicted molar refractivity (Wildman–Crippen MR) is 86.6 cm³/mol. The van der Waals surface area contributed by atoms with Crippen LogP contribution in [-0.2, 0) is 6.42 Å². The molecule has 20 heavy (non-hydrogen) atoms. The molecule has 2 rings (SSSR count). The molecule has 2 nitrogen and oxygen atoms in total. The molecule has 0 saturated heterocycles. The van der Waals surface area contributed by atoms with Gasteiger partial charge in [0.25, 0.3) is 0 Å². The van der Waals surface area contributed by atoms with Gasteiger partial charge in [-0.2, -0.15) is 0 Å². The normalized spacial score (nSPS) is 16.1. The number of hydrogen-bond donors (Lipinski definition) is 0. The van der Waals surface area contributed by atoms with Gasteiger partial charge in [0.1, 0.15) is 0 Å². The average Bonchev–Trinajstić information content (AvgIpc) is 2.48. The molecule has 0 aliphatic heterocycles. The summed E-state index contributed by atoms with van der Waals surface area (Å²) in [4.78, 5) is 7.03. The van der Waals surface area contributed by atoms with Crippen molar-refractivity contribution in [2.75, 3.05) is 7.05 Å². The Balaban J connectivity index is 2.20. The van der Waals surface area contributed by atoms with Gasteiger partial charge in [0.15, 0.2) is 0 Å². The quantitative estimate of drug-likeness (QED) is 0.780. The highest BCUT2D eigenvalue weighted by Crippen LogP contribution is 2.29. The molecule has 110 valence electrons. The zero-order valence-corrected chi connectivity index (χ0v) is 13.3. The van der Waals surface area contributed by atoms with Crippen molar-refractivity contribution < 1.29 is 0 Å². The molecule has 0 spiro atoms. The molecule has 1 aromatic rings. The zero-order valence-electron chi connectivity index (χ0n) is 13.3. The molecule has 1 aliphatic rings. The predicted octanol–water partition coefficient (Wildman–Crippen LogP) is 4.58. The summed E-state index contributed by atoms with van der Waals surface area (Å²) in [6.07, 6.45) is 10.9. The summed E-state index contributed by atoms with van der Waals surface area (Å²) in [5.41, 5.74) is 4.82. The van der Waals surface area contributed by atoms with Crippen molar-refractivity contribution in [2.24, 2.45) is 0 Å². The summed E-state index contributed by atoms with van der Waals surface area (Å²) >= 11 is 0. The van der Waals surface area contributed by atoms with Crippen LogP contribution in [0.3, 0.4) is 0 Å². The van der Waals surface area contributed by atoms with Crippen LogP contribution in [-0.4, -0.2) is 23.0 Å². The molecule has 1 fully saturated rings. The van der Waals surface area contributed by atoms with Crippen LogP contribution < -0.4 is 0 Å². The van der Waals surface area contributed by atoms with E-state index in [1.54, 1.807) is 0 Å². The summed E-state index contributed by atoms with van der Waals surface area (Å²) in [6, 6.07) is 2.91. The fraction of sp³-hybridized carbons (Fsp3) is 0.611. The van der Waals surface area contributed by atoms with E-state index in [2.05, 4.69) is 43.4 Å². The van der Waals surface area contributed by atoms with Crippen LogP contribution in [0.25, 0.3) is 5.70 Å². The fourth-order valence-electron chi connectivity index (χ4n) is 3.16. The van der Waals surface area contributed by atoms with E-state index in [-0.39, 0.29) is 0 Å². The van der Waals surface area contributed by atoms with Gasteiger partial charge in [-0.15, -0.1) is 0 Å². The third kappa shape index (κ3) is 3.41. The minimum Gasteiger partial charge on any atom is -0.372 e. The van der Waals surface area contributed by atoms with Crippen LogP contribution in [0, 0.1) is 6.92 Å². The highest BCUT2D eigenvalue weighted by molar-refractivity contribution is 5.64. The zero-order chi connectivity index (χ0) is 14.5. The van der Waals surface area contributed by atoms with Gasteiger partial charge in [-0.25, -0.2) is 0 Å². The van der Waals surface area contributed by atoms with E-state index in [9.17, 15) is 0 Å². The summed E-state index contributed by atoms with van der Waals surface area (Å²) in [7, 11) is 2.20. The minimum atomic E-state index is 0.659. The van der Waals surface area contributed by atoms with Crippen molar-refractivity contribution in [3.8, 4) is 0 Å². The van der Waals surface area contributed by atoms with Gasteiger partial charge in [-0.3, -0.25) is 4.98 Å². The molecule has 1 aromatic heterocycles. The van der Waals surface area contributed by atoms with E-state index in [0.29, 0.717) is 6.04 Å². The summed E-state index contributed by atoms with van der Waals surface area (Å²) in [6.45, 7) is 8.69. The van der Waals surface area contributed by atoms with Crippen LogP contribution in [0.4, 0.5) is 0 Å². The Morgan fingerprint density at radius 2 is 2.05 bits per heavy atom. The molecule has 0 radical (unpaired) electrons. The SMILES string of the molecule is C=C(c1cc(C)cnc1CCC)N(C)C1CCCCC1. The second-order valence-corrected chi connectivity index (χ2v) is 6.11. The molecule has 1 aliphatic carbocycles. The van der Waals surface area contributed by atoms with Gasteiger partial charge >= 0.3 is 0 Å². The van der Waals surface area contributed by atoms with E-state index >= 15 is 0 Å². The first-order valence-electron chi connectivity index (χ1n) is 8.01. The van der Waals surface area contributed by atoms with Crippen molar-refractivity contribution in [3.63, 3.8) is 0 Å². The Morgan fingerprint density at radius 3 is 2.70 bits per heavy atom. The second-order valence-electron chi connectivity index (χ2n) is 6.11. The molecule has 0 aromatic carbocycles. The fourth-order valence-corrected chi connectivity index (χ4v) is 3.16. The maximum absolute atomic E-state index is 4.63. The smallest absolute Gasteiger partial charge is 0.0496 e. The largest absolute Gasteiger partial charge is 0.372 e. The van der Waals surface area contributed by atoms with E-state index in [4.69, 9.17) is 0 Å². The molecule has 0 atom stereocenters. The maximum atomic E-state index is 4.63. The molecule has 1 saturated carbocycles. The van der Waals surface area contributed by atoms with Crippen molar-refractivity contribution >= 4 is 5.70 Å². The van der Waals surface area contributed by atoms with Crippen LogP contribution >= 0.6 is 0 Å².